The number of carbonyl (C=O) groups excluding carboxylic acids is 1. The van der Waals surface area contributed by atoms with Gasteiger partial charge in [0, 0.05) is 9.90 Å². The van der Waals surface area contributed by atoms with Crippen molar-refractivity contribution in [2.45, 2.75) is 19.9 Å². The van der Waals surface area contributed by atoms with Crippen LogP contribution in [0.5, 0.6) is 0 Å². The van der Waals surface area contributed by atoms with E-state index in [0.29, 0.717) is 11.6 Å². The fraction of sp³-hybridized carbons (Fsp3) is 0.176. The van der Waals surface area contributed by atoms with Gasteiger partial charge < -0.3 is 5.32 Å². The standard InChI is InChI=1S/C17H15ClN2OS2/c1-11-15(23-17(20-11)14-7-4-8-22-14)10-19-16(21)9-12-5-2-3-6-13(12)18/h2-8H,9-10H2,1H3,(H,19,21). The predicted molar refractivity (Wildman–Crippen MR) is 97.2 cm³/mol. The van der Waals surface area contributed by atoms with Gasteiger partial charge in [-0.05, 0) is 30.0 Å². The summed E-state index contributed by atoms with van der Waals surface area (Å²) in [6.45, 7) is 2.47. The van der Waals surface area contributed by atoms with Gasteiger partial charge in [-0.1, -0.05) is 35.9 Å². The van der Waals surface area contributed by atoms with Gasteiger partial charge >= 0.3 is 0 Å². The summed E-state index contributed by atoms with van der Waals surface area (Å²) in [7, 11) is 0. The first-order valence-corrected chi connectivity index (χ1v) is 9.21. The van der Waals surface area contributed by atoms with Gasteiger partial charge in [0.25, 0.3) is 0 Å². The van der Waals surface area contributed by atoms with Gasteiger partial charge in [0.1, 0.15) is 5.01 Å². The number of carbonyl (C=O) groups is 1. The smallest absolute Gasteiger partial charge is 0.224 e. The molecule has 1 N–H and O–H groups in total. The lowest BCUT2D eigenvalue weighted by molar-refractivity contribution is -0.120. The quantitative estimate of drug-likeness (QED) is 0.715. The average Bonchev–Trinajstić information content (AvgIpc) is 3.17. The van der Waals surface area contributed by atoms with E-state index in [1.807, 2.05) is 36.6 Å². The van der Waals surface area contributed by atoms with Gasteiger partial charge in [0.05, 0.1) is 23.5 Å². The van der Waals surface area contributed by atoms with Gasteiger partial charge in [-0.25, -0.2) is 4.98 Å². The number of benzene rings is 1. The molecule has 0 saturated heterocycles. The van der Waals surface area contributed by atoms with Crippen molar-refractivity contribution in [1.29, 1.82) is 0 Å². The largest absolute Gasteiger partial charge is 0.351 e. The lowest BCUT2D eigenvalue weighted by Gasteiger charge is -2.05. The zero-order chi connectivity index (χ0) is 16.2. The highest BCUT2D eigenvalue weighted by atomic mass is 35.5. The number of amides is 1. The highest BCUT2D eigenvalue weighted by Gasteiger charge is 2.12. The molecule has 118 valence electrons. The van der Waals surface area contributed by atoms with E-state index in [1.165, 1.54) is 0 Å². The third-order valence-corrected chi connectivity index (χ3v) is 5.94. The summed E-state index contributed by atoms with van der Waals surface area (Å²) in [6, 6.07) is 11.5. The van der Waals surface area contributed by atoms with E-state index in [9.17, 15) is 4.79 Å². The van der Waals surface area contributed by atoms with Crippen molar-refractivity contribution in [3.8, 4) is 9.88 Å². The SMILES string of the molecule is Cc1nc(-c2cccs2)sc1CNC(=O)Cc1ccccc1Cl. The average molecular weight is 363 g/mol. The minimum absolute atomic E-state index is 0.0384. The number of nitrogens with one attached hydrogen (secondary N) is 1. The van der Waals surface area contributed by atoms with Crippen LogP contribution in [-0.4, -0.2) is 10.9 Å². The molecular weight excluding hydrogens is 348 g/mol. The molecule has 1 aromatic carbocycles. The Labute approximate surface area is 148 Å². The van der Waals surface area contributed by atoms with E-state index in [2.05, 4.69) is 16.4 Å². The molecule has 0 fully saturated rings. The lowest BCUT2D eigenvalue weighted by atomic mass is 10.1. The maximum atomic E-state index is 12.1. The molecule has 0 saturated carbocycles. The van der Waals surface area contributed by atoms with E-state index < -0.39 is 0 Å². The molecule has 23 heavy (non-hydrogen) atoms. The molecule has 0 spiro atoms. The number of halogens is 1. The summed E-state index contributed by atoms with van der Waals surface area (Å²) in [5.41, 5.74) is 1.81. The van der Waals surface area contributed by atoms with Crippen molar-refractivity contribution in [3.05, 3.63) is 62.9 Å². The molecule has 2 heterocycles. The molecule has 0 atom stereocenters. The molecule has 1 amide bonds. The fourth-order valence-corrected chi connectivity index (χ4v) is 4.16. The number of aryl methyl sites for hydroxylation is 1. The molecule has 0 aliphatic carbocycles. The second-order valence-electron chi connectivity index (χ2n) is 5.05. The van der Waals surface area contributed by atoms with Crippen LogP contribution >= 0.6 is 34.3 Å². The second kappa shape index (κ2) is 7.25. The Kier molecular flexibility index (Phi) is 5.10. The number of thiophene rings is 1. The number of hydrogen-bond donors (Lipinski definition) is 1. The molecular formula is C17H15ClN2OS2. The van der Waals surface area contributed by atoms with E-state index >= 15 is 0 Å². The molecule has 0 radical (unpaired) electrons. The van der Waals surface area contributed by atoms with Crippen LogP contribution in [-0.2, 0) is 17.8 Å². The predicted octanol–water partition coefficient (Wildman–Crippen LogP) is 4.69. The molecule has 0 unspecified atom stereocenters. The van der Waals surface area contributed by atoms with Gasteiger partial charge in [-0.15, -0.1) is 22.7 Å². The monoisotopic (exact) mass is 362 g/mol. The Balaban J connectivity index is 1.62. The Hall–Kier alpha value is -1.69. The second-order valence-corrected chi connectivity index (χ2v) is 7.49. The Morgan fingerprint density at radius 1 is 1.26 bits per heavy atom. The summed E-state index contributed by atoms with van der Waals surface area (Å²) < 4.78 is 0. The van der Waals surface area contributed by atoms with Crippen LogP contribution in [0.4, 0.5) is 0 Å². The number of hydrogen-bond acceptors (Lipinski definition) is 4. The van der Waals surface area contributed by atoms with Gasteiger partial charge in [0.2, 0.25) is 5.91 Å². The van der Waals surface area contributed by atoms with Crippen LogP contribution in [0.25, 0.3) is 9.88 Å². The van der Waals surface area contributed by atoms with E-state index in [-0.39, 0.29) is 12.3 Å². The summed E-state index contributed by atoms with van der Waals surface area (Å²) in [5.74, 6) is -0.0384. The van der Waals surface area contributed by atoms with Gasteiger partial charge in [-0.3, -0.25) is 4.79 Å². The maximum Gasteiger partial charge on any atom is 0.224 e. The van der Waals surface area contributed by atoms with Crippen LogP contribution in [0, 0.1) is 6.92 Å². The summed E-state index contributed by atoms with van der Waals surface area (Å²) in [6.07, 6.45) is 0.287. The molecule has 3 aromatic rings. The number of thiazole rings is 1. The van der Waals surface area contributed by atoms with Crippen LogP contribution in [0.2, 0.25) is 5.02 Å². The zero-order valence-corrected chi connectivity index (χ0v) is 14.9. The van der Waals surface area contributed by atoms with Crippen LogP contribution in [0.3, 0.4) is 0 Å². The molecule has 0 aliphatic rings. The van der Waals surface area contributed by atoms with Crippen molar-refractivity contribution in [2.24, 2.45) is 0 Å². The van der Waals surface area contributed by atoms with Gasteiger partial charge in [-0.2, -0.15) is 0 Å². The lowest BCUT2D eigenvalue weighted by Crippen LogP contribution is -2.24. The number of nitrogens with zero attached hydrogens (tertiary/aromatic N) is 1. The summed E-state index contributed by atoms with van der Waals surface area (Å²) in [5, 5.41) is 6.62. The molecule has 0 bridgehead atoms. The normalized spacial score (nSPS) is 10.7. The Bertz CT molecular complexity index is 812. The molecule has 6 heteroatoms. The van der Waals surface area contributed by atoms with E-state index in [0.717, 1.165) is 26.0 Å². The van der Waals surface area contributed by atoms with Gasteiger partial charge in [0.15, 0.2) is 0 Å². The first kappa shape index (κ1) is 16.2. The van der Waals surface area contributed by atoms with Crippen molar-refractivity contribution in [3.63, 3.8) is 0 Å². The van der Waals surface area contributed by atoms with E-state index in [1.54, 1.807) is 28.7 Å². The minimum Gasteiger partial charge on any atom is -0.351 e. The minimum atomic E-state index is -0.0384. The maximum absolute atomic E-state index is 12.1. The highest BCUT2D eigenvalue weighted by molar-refractivity contribution is 7.21. The molecule has 3 rings (SSSR count). The highest BCUT2D eigenvalue weighted by Crippen LogP contribution is 2.30. The first-order valence-electron chi connectivity index (χ1n) is 7.14. The van der Waals surface area contributed by atoms with Crippen molar-refractivity contribution in [1.82, 2.24) is 10.3 Å². The topological polar surface area (TPSA) is 42.0 Å². The van der Waals surface area contributed by atoms with Crippen LogP contribution < -0.4 is 5.32 Å². The van der Waals surface area contributed by atoms with Crippen molar-refractivity contribution >= 4 is 40.2 Å². The van der Waals surface area contributed by atoms with Crippen LogP contribution in [0.15, 0.2) is 41.8 Å². The third kappa shape index (κ3) is 3.99. The molecule has 0 aliphatic heterocycles. The molecule has 2 aromatic heterocycles. The summed E-state index contributed by atoms with van der Waals surface area (Å²) in [4.78, 5) is 18.9. The Morgan fingerprint density at radius 3 is 2.83 bits per heavy atom. The molecule has 3 nitrogen and oxygen atoms in total. The number of aromatic nitrogens is 1. The van der Waals surface area contributed by atoms with Crippen LogP contribution in [0.1, 0.15) is 16.1 Å². The number of rotatable bonds is 5. The Morgan fingerprint density at radius 2 is 2.09 bits per heavy atom. The van der Waals surface area contributed by atoms with E-state index in [4.69, 9.17) is 11.6 Å². The zero-order valence-electron chi connectivity index (χ0n) is 12.5. The summed E-state index contributed by atoms with van der Waals surface area (Å²) >= 11 is 9.38. The first-order chi connectivity index (χ1) is 11.1. The fourth-order valence-electron chi connectivity index (χ4n) is 2.15. The third-order valence-electron chi connectivity index (χ3n) is 3.38. The van der Waals surface area contributed by atoms with Crippen molar-refractivity contribution < 1.29 is 4.79 Å². The van der Waals surface area contributed by atoms with Crippen molar-refractivity contribution in [2.75, 3.05) is 0 Å².